The lowest BCUT2D eigenvalue weighted by atomic mass is 10.1. The van der Waals surface area contributed by atoms with Crippen molar-refractivity contribution in [3.8, 4) is 0 Å². The number of fused-ring (bicyclic) bond motifs is 1. The van der Waals surface area contributed by atoms with Gasteiger partial charge in [0.2, 0.25) is 0 Å². The van der Waals surface area contributed by atoms with Crippen LogP contribution in [0.4, 0.5) is 5.69 Å². The van der Waals surface area contributed by atoms with Crippen molar-refractivity contribution in [1.29, 1.82) is 0 Å². The van der Waals surface area contributed by atoms with Crippen LogP contribution in [0.3, 0.4) is 0 Å². The number of benzene rings is 3. The van der Waals surface area contributed by atoms with Gasteiger partial charge >= 0.3 is 5.03 Å². The highest BCUT2D eigenvalue weighted by atomic mass is 32.2. The highest BCUT2D eigenvalue weighted by Gasteiger charge is 2.34. The van der Waals surface area contributed by atoms with Crippen molar-refractivity contribution in [2.45, 2.75) is 4.90 Å². The van der Waals surface area contributed by atoms with Gasteiger partial charge in [-0.1, -0.05) is 54.6 Å². The van der Waals surface area contributed by atoms with Gasteiger partial charge in [-0.25, -0.2) is 8.57 Å². The lowest BCUT2D eigenvalue weighted by Crippen LogP contribution is -2.18. The minimum Gasteiger partial charge on any atom is -0.489 e. The molecule has 0 spiro atoms. The average molecular weight is 383 g/mol. The van der Waals surface area contributed by atoms with E-state index < -0.39 is 25.6 Å². The van der Waals surface area contributed by atoms with Crippen molar-refractivity contribution in [2.24, 2.45) is 4.36 Å². The summed E-state index contributed by atoms with van der Waals surface area (Å²) < 4.78 is 17.1. The molecule has 27 heavy (non-hydrogen) atoms. The van der Waals surface area contributed by atoms with Crippen molar-refractivity contribution < 1.29 is 14.2 Å². The van der Waals surface area contributed by atoms with E-state index in [1.165, 1.54) is 19.2 Å². The Hall–Kier alpha value is -3.39. The number of hydrogen-bond donors (Lipinski definition) is 2. The minimum absolute atomic E-state index is 0.144. The topological polar surface area (TPSA) is 105 Å². The first-order chi connectivity index (χ1) is 13.0. The summed E-state index contributed by atoms with van der Waals surface area (Å²) in [5, 5.41) is 25.6. The number of nitrogens with zero attached hydrogens (tertiary/aromatic N) is 2. The second-order valence-corrected chi connectivity index (χ2v) is 7.86. The Bertz CT molecular complexity index is 1140. The van der Waals surface area contributed by atoms with Crippen LogP contribution in [0.25, 0.3) is 10.8 Å². The molecular weight excluding hydrogens is 366 g/mol. The van der Waals surface area contributed by atoms with Crippen LogP contribution >= 0.6 is 0 Å². The lowest BCUT2D eigenvalue weighted by Gasteiger charge is -2.12. The Morgan fingerprint density at radius 1 is 1.04 bits per heavy atom. The Kier molecular flexibility index (Phi) is 5.09. The van der Waals surface area contributed by atoms with E-state index in [2.05, 4.69) is 9.68 Å². The molecule has 0 aromatic heterocycles. The Labute approximate surface area is 156 Å². The molecule has 7 nitrogen and oxygen atoms in total. The van der Waals surface area contributed by atoms with Crippen molar-refractivity contribution in [3.63, 3.8) is 0 Å². The van der Waals surface area contributed by atoms with E-state index in [4.69, 9.17) is 0 Å². The van der Waals surface area contributed by atoms with Crippen LogP contribution in [0.15, 0.2) is 93.0 Å². The van der Waals surface area contributed by atoms with Crippen LogP contribution in [0.1, 0.15) is 0 Å². The molecule has 0 heterocycles. The molecule has 3 aromatic rings. The third-order valence-corrected chi connectivity index (χ3v) is 6.28. The SMILES string of the molecule is CN=S(=O)(/C(=C(\O)Nc1cccc2ccccc12)[N+](=O)[O-])c1ccccc1. The molecule has 2 N–H and O–H groups in total. The first kappa shape index (κ1) is 18.4. The summed E-state index contributed by atoms with van der Waals surface area (Å²) in [6.45, 7) is 0. The number of rotatable bonds is 5. The van der Waals surface area contributed by atoms with Gasteiger partial charge in [0.15, 0.2) is 9.73 Å². The third kappa shape index (κ3) is 3.47. The molecule has 0 aliphatic heterocycles. The monoisotopic (exact) mass is 383 g/mol. The molecule has 0 saturated heterocycles. The molecule has 1 unspecified atom stereocenters. The van der Waals surface area contributed by atoms with Crippen LogP contribution in [0, 0.1) is 10.1 Å². The minimum atomic E-state index is -3.63. The summed E-state index contributed by atoms with van der Waals surface area (Å²) in [6, 6.07) is 20.5. The highest BCUT2D eigenvalue weighted by Crippen LogP contribution is 2.28. The second-order valence-electron chi connectivity index (χ2n) is 5.58. The second kappa shape index (κ2) is 7.46. The Morgan fingerprint density at radius 2 is 1.67 bits per heavy atom. The predicted molar refractivity (Wildman–Crippen MR) is 105 cm³/mol. The van der Waals surface area contributed by atoms with E-state index in [1.54, 1.807) is 30.3 Å². The zero-order chi connectivity index (χ0) is 19.4. The molecule has 0 aliphatic rings. The maximum absolute atomic E-state index is 13.3. The smallest absolute Gasteiger partial charge is 0.404 e. The van der Waals surface area contributed by atoms with Crippen LogP contribution in [0.2, 0.25) is 0 Å². The molecule has 3 rings (SSSR count). The molecule has 1 atom stereocenters. The molecule has 3 aromatic carbocycles. The summed E-state index contributed by atoms with van der Waals surface area (Å²) in [5.74, 6) is -0.809. The fourth-order valence-corrected chi connectivity index (χ4v) is 4.39. The molecule has 138 valence electrons. The van der Waals surface area contributed by atoms with Crippen molar-refractivity contribution in [1.82, 2.24) is 0 Å². The first-order valence-electron chi connectivity index (χ1n) is 8.00. The van der Waals surface area contributed by atoms with E-state index in [0.29, 0.717) is 5.69 Å². The van der Waals surface area contributed by atoms with E-state index in [1.807, 2.05) is 30.3 Å². The summed E-state index contributed by atoms with van der Waals surface area (Å²) in [7, 11) is -2.40. The number of aliphatic hydroxyl groups is 1. The number of aliphatic hydroxyl groups excluding tert-OH is 1. The molecule has 0 amide bonds. The van der Waals surface area contributed by atoms with Gasteiger partial charge in [0.05, 0.1) is 9.82 Å². The zero-order valence-corrected chi connectivity index (χ0v) is 15.2. The molecule has 0 bridgehead atoms. The lowest BCUT2D eigenvalue weighted by molar-refractivity contribution is -0.414. The largest absolute Gasteiger partial charge is 0.489 e. The van der Waals surface area contributed by atoms with Gasteiger partial charge in [-0.15, -0.1) is 0 Å². The molecular formula is C19H17N3O4S. The number of nitrogens with one attached hydrogen (secondary N) is 1. The van der Waals surface area contributed by atoms with Crippen molar-refractivity contribution in [2.75, 3.05) is 12.4 Å². The van der Waals surface area contributed by atoms with Crippen LogP contribution in [-0.2, 0) is 9.73 Å². The molecule has 0 fully saturated rings. The fraction of sp³-hybridized carbons (Fsp3) is 0.0526. The number of anilines is 1. The fourth-order valence-electron chi connectivity index (χ4n) is 2.74. The van der Waals surface area contributed by atoms with Crippen LogP contribution in [0.5, 0.6) is 0 Å². The maximum atomic E-state index is 13.3. The van der Waals surface area contributed by atoms with Crippen LogP contribution in [-0.4, -0.2) is 21.3 Å². The van der Waals surface area contributed by atoms with Gasteiger partial charge in [-0.3, -0.25) is 10.1 Å². The van der Waals surface area contributed by atoms with E-state index in [-0.39, 0.29) is 4.90 Å². The van der Waals surface area contributed by atoms with Crippen molar-refractivity contribution in [3.05, 3.63) is 93.8 Å². The van der Waals surface area contributed by atoms with E-state index >= 15 is 0 Å². The quantitative estimate of drug-likeness (QED) is 0.387. The van der Waals surface area contributed by atoms with Gasteiger partial charge in [-0.05, 0) is 23.6 Å². The summed E-state index contributed by atoms with van der Waals surface area (Å²) >= 11 is 0. The highest BCUT2D eigenvalue weighted by molar-refractivity contribution is 7.97. The Morgan fingerprint density at radius 3 is 2.33 bits per heavy atom. The molecule has 0 aliphatic carbocycles. The van der Waals surface area contributed by atoms with Gasteiger partial charge in [-0.2, -0.15) is 0 Å². The summed E-state index contributed by atoms with van der Waals surface area (Å²) in [5.41, 5.74) is 0.455. The molecule has 0 saturated carbocycles. The summed E-state index contributed by atoms with van der Waals surface area (Å²) in [4.78, 5) is 11.0. The third-order valence-electron chi connectivity index (χ3n) is 3.99. The standard InChI is InChI=1S/C19H17N3O4S/c1-20-27(26,15-10-3-2-4-11-15)19(22(24)25)18(23)21-17-13-7-9-14-8-5-6-12-16(14)17/h2-13,21,23H,1H3/b19-18-. The first-order valence-corrected chi connectivity index (χ1v) is 9.51. The number of nitro groups is 1. The van der Waals surface area contributed by atoms with Gasteiger partial charge in [0.1, 0.15) is 0 Å². The zero-order valence-electron chi connectivity index (χ0n) is 14.4. The van der Waals surface area contributed by atoms with E-state index in [0.717, 1.165) is 10.8 Å². The van der Waals surface area contributed by atoms with Crippen LogP contribution < -0.4 is 5.32 Å². The average Bonchev–Trinajstić information content (AvgIpc) is 2.68. The van der Waals surface area contributed by atoms with Gasteiger partial charge in [0.25, 0.3) is 5.88 Å². The predicted octanol–water partition coefficient (Wildman–Crippen LogP) is 4.37. The van der Waals surface area contributed by atoms with Crippen molar-refractivity contribution >= 4 is 26.2 Å². The summed E-state index contributed by atoms with van der Waals surface area (Å²) in [6.07, 6.45) is 0. The molecule has 8 heteroatoms. The number of hydrogen-bond acceptors (Lipinski definition) is 6. The maximum Gasteiger partial charge on any atom is 0.404 e. The Balaban J connectivity index is 2.17. The van der Waals surface area contributed by atoms with Gasteiger partial charge in [0, 0.05) is 18.1 Å². The van der Waals surface area contributed by atoms with E-state index in [9.17, 15) is 19.4 Å². The normalized spacial score (nSPS) is 14.1. The van der Waals surface area contributed by atoms with Gasteiger partial charge < -0.3 is 10.4 Å². The molecule has 0 radical (unpaired) electrons.